The minimum atomic E-state index is -0.909. The molecule has 0 aliphatic rings. The zero-order valence-electron chi connectivity index (χ0n) is 14.9. The third-order valence-electron chi connectivity index (χ3n) is 3.52. The molecule has 0 bridgehead atoms. The summed E-state index contributed by atoms with van der Waals surface area (Å²) in [5, 5.41) is 21.5. The van der Waals surface area contributed by atoms with E-state index in [0.29, 0.717) is 6.42 Å². The fourth-order valence-electron chi connectivity index (χ4n) is 2.32. The molecule has 6 heteroatoms. The van der Waals surface area contributed by atoms with Crippen LogP contribution in [0.2, 0.25) is 0 Å². The van der Waals surface area contributed by atoms with E-state index in [9.17, 15) is 14.7 Å². The monoisotopic (exact) mass is 337 g/mol. The van der Waals surface area contributed by atoms with Gasteiger partial charge in [0, 0.05) is 6.04 Å². The maximum atomic E-state index is 12.0. The lowest BCUT2D eigenvalue weighted by molar-refractivity contribution is -0.141. The predicted octanol–water partition coefficient (Wildman–Crippen LogP) is 3.25. The largest absolute Gasteiger partial charge is 0.508 e. The molecule has 1 aromatic carbocycles. The number of carbonyl (C=O) groups excluding carboxylic acids is 1. The number of ether oxygens (including phenoxy) is 1. The van der Waals surface area contributed by atoms with Crippen molar-refractivity contribution in [1.29, 1.82) is 0 Å². The van der Waals surface area contributed by atoms with Gasteiger partial charge >= 0.3 is 12.1 Å². The van der Waals surface area contributed by atoms with Crippen LogP contribution in [-0.2, 0) is 16.0 Å². The summed E-state index contributed by atoms with van der Waals surface area (Å²) in [6.45, 7) is 8.70. The quantitative estimate of drug-likeness (QED) is 0.740. The minimum absolute atomic E-state index is 0.203. The van der Waals surface area contributed by atoms with E-state index in [4.69, 9.17) is 9.84 Å². The second kappa shape index (κ2) is 8.04. The summed E-state index contributed by atoms with van der Waals surface area (Å²) < 4.78 is 5.25. The Morgan fingerprint density at radius 3 is 2.42 bits per heavy atom. The van der Waals surface area contributed by atoms with Gasteiger partial charge < -0.3 is 20.3 Å². The lowest BCUT2D eigenvalue weighted by Gasteiger charge is -2.25. The average Bonchev–Trinajstić information content (AvgIpc) is 2.40. The number of amides is 1. The number of hydrogen-bond donors (Lipinski definition) is 3. The van der Waals surface area contributed by atoms with E-state index in [2.05, 4.69) is 5.32 Å². The van der Waals surface area contributed by atoms with Gasteiger partial charge in [-0.1, -0.05) is 19.1 Å². The molecule has 3 N–H and O–H groups in total. The maximum absolute atomic E-state index is 12.0. The van der Waals surface area contributed by atoms with Crippen LogP contribution < -0.4 is 5.32 Å². The summed E-state index contributed by atoms with van der Waals surface area (Å²) in [6, 6.07) is 4.80. The predicted molar refractivity (Wildman–Crippen MR) is 91.1 cm³/mol. The van der Waals surface area contributed by atoms with Crippen molar-refractivity contribution in [3.63, 3.8) is 0 Å². The number of carboxylic acids is 1. The van der Waals surface area contributed by atoms with E-state index in [0.717, 1.165) is 11.1 Å². The van der Waals surface area contributed by atoms with Crippen molar-refractivity contribution < 1.29 is 24.5 Å². The Labute approximate surface area is 142 Å². The Kier molecular flexibility index (Phi) is 6.63. The van der Waals surface area contributed by atoms with Gasteiger partial charge in [0.25, 0.3) is 0 Å². The van der Waals surface area contributed by atoms with Crippen LogP contribution in [0.1, 0.15) is 45.2 Å². The highest BCUT2D eigenvalue weighted by Gasteiger charge is 2.23. The van der Waals surface area contributed by atoms with Gasteiger partial charge in [-0.05, 0) is 57.7 Å². The molecule has 0 saturated heterocycles. The van der Waals surface area contributed by atoms with Crippen LogP contribution in [0.25, 0.3) is 0 Å². The molecule has 1 aromatic rings. The topological polar surface area (TPSA) is 95.9 Å². The van der Waals surface area contributed by atoms with Crippen LogP contribution >= 0.6 is 0 Å². The van der Waals surface area contributed by atoms with Gasteiger partial charge in [-0.3, -0.25) is 4.79 Å². The van der Waals surface area contributed by atoms with E-state index in [1.165, 1.54) is 0 Å². The molecule has 0 aliphatic heterocycles. The Hall–Kier alpha value is -2.24. The first-order valence-corrected chi connectivity index (χ1v) is 7.98. The average molecular weight is 337 g/mol. The van der Waals surface area contributed by atoms with Gasteiger partial charge in [-0.15, -0.1) is 0 Å². The standard InChI is InChI=1S/C18H27NO5/c1-11-8-13(6-7-15(11)20)10-14(9-12(2)16(21)22)19-17(23)24-18(3,4)5/h6-8,12,14,20H,9-10H2,1-5H3,(H,19,23)(H,21,22)/t12?,14-/m1/s1. The van der Waals surface area contributed by atoms with Gasteiger partial charge in [0.15, 0.2) is 0 Å². The molecule has 6 nitrogen and oxygen atoms in total. The molecule has 0 radical (unpaired) electrons. The number of phenolic OH excluding ortho intramolecular Hbond substituents is 1. The molecule has 2 atom stereocenters. The van der Waals surface area contributed by atoms with Crippen LogP contribution in [0.3, 0.4) is 0 Å². The number of aliphatic carboxylic acids is 1. The summed E-state index contributed by atoms with van der Waals surface area (Å²) in [5.41, 5.74) is 1.01. The molecule has 0 heterocycles. The molecule has 1 unspecified atom stereocenters. The summed E-state index contributed by atoms with van der Waals surface area (Å²) in [4.78, 5) is 23.1. The van der Waals surface area contributed by atoms with Crippen molar-refractivity contribution >= 4 is 12.1 Å². The van der Waals surface area contributed by atoms with Gasteiger partial charge in [0.05, 0.1) is 5.92 Å². The fourth-order valence-corrected chi connectivity index (χ4v) is 2.32. The summed E-state index contributed by atoms with van der Waals surface area (Å²) in [5.74, 6) is -1.30. The highest BCUT2D eigenvalue weighted by Crippen LogP contribution is 2.20. The summed E-state index contributed by atoms with van der Waals surface area (Å²) >= 11 is 0. The molecule has 0 fully saturated rings. The van der Waals surface area contributed by atoms with Gasteiger partial charge in [0.1, 0.15) is 11.4 Å². The number of aromatic hydroxyl groups is 1. The van der Waals surface area contributed by atoms with E-state index in [1.54, 1.807) is 46.8 Å². The Morgan fingerprint density at radius 2 is 1.92 bits per heavy atom. The lowest BCUT2D eigenvalue weighted by atomic mass is 9.95. The Morgan fingerprint density at radius 1 is 1.29 bits per heavy atom. The maximum Gasteiger partial charge on any atom is 0.407 e. The van der Waals surface area contributed by atoms with Gasteiger partial charge in [-0.25, -0.2) is 4.79 Å². The van der Waals surface area contributed by atoms with Crippen LogP contribution in [0.5, 0.6) is 5.75 Å². The zero-order valence-corrected chi connectivity index (χ0v) is 14.9. The molecule has 0 spiro atoms. The molecule has 134 valence electrons. The lowest BCUT2D eigenvalue weighted by Crippen LogP contribution is -2.41. The molecular weight excluding hydrogens is 310 g/mol. The Balaban J connectivity index is 2.85. The van der Waals surface area contributed by atoms with E-state index >= 15 is 0 Å². The second-order valence-electron chi connectivity index (χ2n) is 7.14. The Bertz CT molecular complexity index is 592. The minimum Gasteiger partial charge on any atom is -0.508 e. The first kappa shape index (κ1) is 19.8. The first-order chi connectivity index (χ1) is 11.0. The first-order valence-electron chi connectivity index (χ1n) is 7.98. The molecule has 0 saturated carbocycles. The number of carbonyl (C=O) groups is 2. The number of phenols is 1. The molecule has 1 rings (SSSR count). The number of rotatable bonds is 6. The van der Waals surface area contributed by atoms with Crippen molar-refractivity contribution in [3.8, 4) is 5.75 Å². The third kappa shape index (κ3) is 6.89. The van der Waals surface area contributed by atoms with Gasteiger partial charge in [-0.2, -0.15) is 0 Å². The third-order valence-corrected chi connectivity index (χ3v) is 3.52. The number of aryl methyl sites for hydroxylation is 1. The second-order valence-corrected chi connectivity index (χ2v) is 7.14. The number of alkyl carbamates (subject to hydrolysis) is 1. The van der Waals surface area contributed by atoms with Crippen molar-refractivity contribution in [3.05, 3.63) is 29.3 Å². The zero-order chi connectivity index (χ0) is 18.5. The van der Waals surface area contributed by atoms with Crippen molar-refractivity contribution in [1.82, 2.24) is 5.32 Å². The highest BCUT2D eigenvalue weighted by molar-refractivity contribution is 5.70. The molecule has 24 heavy (non-hydrogen) atoms. The SMILES string of the molecule is Cc1cc(C[C@@H](CC(C)C(=O)O)NC(=O)OC(C)(C)C)ccc1O. The summed E-state index contributed by atoms with van der Waals surface area (Å²) in [6.07, 6.45) is 0.174. The molecule has 0 aromatic heterocycles. The van der Waals surface area contributed by atoms with Crippen molar-refractivity contribution in [2.75, 3.05) is 0 Å². The van der Waals surface area contributed by atoms with Crippen LogP contribution in [0.4, 0.5) is 4.79 Å². The van der Waals surface area contributed by atoms with E-state index in [1.807, 2.05) is 6.07 Å². The van der Waals surface area contributed by atoms with Crippen molar-refractivity contribution in [2.24, 2.45) is 5.92 Å². The van der Waals surface area contributed by atoms with Crippen LogP contribution in [-0.4, -0.2) is 33.9 Å². The van der Waals surface area contributed by atoms with Gasteiger partial charge in [0.2, 0.25) is 0 Å². The van der Waals surface area contributed by atoms with Crippen LogP contribution in [0.15, 0.2) is 18.2 Å². The highest BCUT2D eigenvalue weighted by atomic mass is 16.6. The van der Waals surface area contributed by atoms with Crippen molar-refractivity contribution in [2.45, 2.75) is 59.1 Å². The fraction of sp³-hybridized carbons (Fsp3) is 0.556. The molecule has 1 amide bonds. The summed E-state index contributed by atoms with van der Waals surface area (Å²) in [7, 11) is 0. The van der Waals surface area contributed by atoms with E-state index in [-0.39, 0.29) is 18.2 Å². The smallest absolute Gasteiger partial charge is 0.407 e. The number of nitrogens with one attached hydrogen (secondary N) is 1. The van der Waals surface area contributed by atoms with Crippen LogP contribution in [0, 0.1) is 12.8 Å². The number of carboxylic acid groups (broad SMARTS) is 1. The van der Waals surface area contributed by atoms with E-state index < -0.39 is 23.6 Å². The normalized spacial score (nSPS) is 13.9. The molecular formula is C18H27NO5. The number of hydrogen-bond acceptors (Lipinski definition) is 4. The number of benzene rings is 1. The molecule has 0 aliphatic carbocycles.